The number of nitrogens with zero attached hydrogens (tertiary/aromatic N) is 3. The zero-order valence-electron chi connectivity index (χ0n) is 14.9. The molecule has 0 radical (unpaired) electrons. The number of benzene rings is 1. The molecule has 2 saturated heterocycles. The number of ether oxygens (including phenoxy) is 1. The predicted octanol–water partition coefficient (Wildman–Crippen LogP) is 1.97. The second kappa shape index (κ2) is 7.99. The van der Waals surface area contributed by atoms with Gasteiger partial charge in [-0.25, -0.2) is 0 Å². The van der Waals surface area contributed by atoms with Crippen LogP contribution in [0.3, 0.4) is 0 Å². The normalized spacial score (nSPS) is 22.4. The number of carbonyl (C=O) groups excluding carboxylic acids is 1. The van der Waals surface area contributed by atoms with Crippen molar-refractivity contribution in [3.05, 3.63) is 29.8 Å². The van der Waals surface area contributed by atoms with Crippen LogP contribution in [0.25, 0.3) is 0 Å². The second-order valence-electron chi connectivity index (χ2n) is 6.94. The highest BCUT2D eigenvalue weighted by atomic mass is 16.5. The lowest BCUT2D eigenvalue weighted by atomic mass is 9.99. The minimum absolute atomic E-state index is 0.0204. The van der Waals surface area contributed by atoms with Gasteiger partial charge in [0.05, 0.1) is 19.3 Å². The molecule has 2 fully saturated rings. The standard InChI is InChI=1S/C19H29N3O2/c1-20(2)17-8-4-3-7-16(17)15-22-10-6-5-9-18(22)19(23)21-11-13-24-14-12-21/h3-4,7-8,18H,5-6,9-15H2,1-2H3. The average molecular weight is 331 g/mol. The zero-order valence-corrected chi connectivity index (χ0v) is 14.9. The van der Waals surface area contributed by atoms with Crippen molar-refractivity contribution in [3.63, 3.8) is 0 Å². The number of para-hydroxylation sites is 1. The number of hydrogen-bond donors (Lipinski definition) is 0. The first-order valence-electron chi connectivity index (χ1n) is 9.02. The summed E-state index contributed by atoms with van der Waals surface area (Å²) >= 11 is 0. The first kappa shape index (κ1) is 17.2. The van der Waals surface area contributed by atoms with E-state index in [0.29, 0.717) is 19.1 Å². The van der Waals surface area contributed by atoms with E-state index in [0.717, 1.165) is 39.0 Å². The van der Waals surface area contributed by atoms with Crippen molar-refractivity contribution in [3.8, 4) is 0 Å². The summed E-state index contributed by atoms with van der Waals surface area (Å²) in [5.41, 5.74) is 2.53. The summed E-state index contributed by atoms with van der Waals surface area (Å²) < 4.78 is 5.39. The summed E-state index contributed by atoms with van der Waals surface area (Å²) in [5, 5.41) is 0. The smallest absolute Gasteiger partial charge is 0.240 e. The third kappa shape index (κ3) is 3.90. The molecule has 5 nitrogen and oxygen atoms in total. The molecular weight excluding hydrogens is 302 g/mol. The molecule has 5 heteroatoms. The van der Waals surface area contributed by atoms with Crippen molar-refractivity contribution in [2.45, 2.75) is 31.8 Å². The number of morpholine rings is 1. The maximum absolute atomic E-state index is 13.0. The SMILES string of the molecule is CN(C)c1ccccc1CN1CCCCC1C(=O)N1CCOCC1. The van der Waals surface area contributed by atoms with Crippen LogP contribution in [0.15, 0.2) is 24.3 Å². The van der Waals surface area contributed by atoms with Crippen molar-refractivity contribution < 1.29 is 9.53 Å². The molecule has 1 unspecified atom stereocenters. The van der Waals surface area contributed by atoms with Gasteiger partial charge >= 0.3 is 0 Å². The van der Waals surface area contributed by atoms with Gasteiger partial charge in [-0.05, 0) is 31.0 Å². The average Bonchev–Trinajstić information content (AvgIpc) is 2.62. The Labute approximate surface area is 145 Å². The van der Waals surface area contributed by atoms with E-state index in [1.54, 1.807) is 0 Å². The van der Waals surface area contributed by atoms with E-state index in [2.05, 4.69) is 48.2 Å². The molecule has 132 valence electrons. The fourth-order valence-corrected chi connectivity index (χ4v) is 3.75. The van der Waals surface area contributed by atoms with Crippen LogP contribution in [-0.4, -0.2) is 68.7 Å². The van der Waals surface area contributed by atoms with Crippen LogP contribution < -0.4 is 4.90 Å². The highest BCUT2D eigenvalue weighted by molar-refractivity contribution is 5.82. The number of carbonyl (C=O) groups is 1. The number of likely N-dealkylation sites (tertiary alicyclic amines) is 1. The molecule has 1 atom stereocenters. The Balaban J connectivity index is 1.74. The molecule has 0 spiro atoms. The quantitative estimate of drug-likeness (QED) is 0.845. The maximum atomic E-state index is 13.0. The number of piperidine rings is 1. The molecule has 2 aliphatic heterocycles. The van der Waals surface area contributed by atoms with Gasteiger partial charge in [-0.1, -0.05) is 24.6 Å². The van der Waals surface area contributed by atoms with Gasteiger partial charge in [-0.2, -0.15) is 0 Å². The molecule has 1 aromatic rings. The fourth-order valence-electron chi connectivity index (χ4n) is 3.75. The summed E-state index contributed by atoms with van der Waals surface area (Å²) in [6.45, 7) is 4.65. The van der Waals surface area contributed by atoms with E-state index in [9.17, 15) is 4.79 Å². The predicted molar refractivity (Wildman–Crippen MR) is 96.2 cm³/mol. The molecule has 1 aromatic carbocycles. The largest absolute Gasteiger partial charge is 0.378 e. The van der Waals surface area contributed by atoms with Crippen LogP contribution in [0.4, 0.5) is 5.69 Å². The van der Waals surface area contributed by atoms with Gasteiger partial charge in [0.2, 0.25) is 5.91 Å². The van der Waals surface area contributed by atoms with Crippen molar-refractivity contribution in [2.24, 2.45) is 0 Å². The van der Waals surface area contributed by atoms with E-state index in [4.69, 9.17) is 4.74 Å². The monoisotopic (exact) mass is 331 g/mol. The number of rotatable bonds is 4. The summed E-state index contributed by atoms with van der Waals surface area (Å²) in [6.07, 6.45) is 3.30. The van der Waals surface area contributed by atoms with Crippen LogP contribution in [0.1, 0.15) is 24.8 Å². The fraction of sp³-hybridized carbons (Fsp3) is 0.632. The Bertz CT molecular complexity index is 555. The molecule has 0 saturated carbocycles. The van der Waals surface area contributed by atoms with Gasteiger partial charge in [0, 0.05) is 39.4 Å². The van der Waals surface area contributed by atoms with Gasteiger partial charge in [-0.3, -0.25) is 9.69 Å². The molecule has 0 N–H and O–H groups in total. The topological polar surface area (TPSA) is 36.0 Å². The molecule has 2 heterocycles. The highest BCUT2D eigenvalue weighted by Crippen LogP contribution is 2.25. The molecule has 1 amide bonds. The minimum atomic E-state index is 0.0204. The molecule has 0 aliphatic carbocycles. The first-order chi connectivity index (χ1) is 11.7. The van der Waals surface area contributed by atoms with Crippen LogP contribution >= 0.6 is 0 Å². The molecule has 24 heavy (non-hydrogen) atoms. The van der Waals surface area contributed by atoms with Gasteiger partial charge < -0.3 is 14.5 Å². The van der Waals surface area contributed by atoms with Gasteiger partial charge in [0.1, 0.15) is 0 Å². The molecule has 0 aromatic heterocycles. The Hall–Kier alpha value is -1.59. The van der Waals surface area contributed by atoms with Crippen LogP contribution in [0, 0.1) is 0 Å². The van der Waals surface area contributed by atoms with Crippen LogP contribution in [-0.2, 0) is 16.1 Å². The van der Waals surface area contributed by atoms with Crippen molar-refractivity contribution in [1.82, 2.24) is 9.80 Å². The summed E-state index contributed by atoms with van der Waals surface area (Å²) in [7, 11) is 4.15. The molecule has 3 rings (SSSR count). The lowest BCUT2D eigenvalue weighted by molar-refractivity contribution is -0.142. The molecular formula is C19H29N3O2. The third-order valence-corrected chi connectivity index (χ3v) is 5.07. The molecule has 2 aliphatic rings. The van der Waals surface area contributed by atoms with Crippen LogP contribution in [0.5, 0.6) is 0 Å². The second-order valence-corrected chi connectivity index (χ2v) is 6.94. The first-order valence-corrected chi connectivity index (χ1v) is 9.02. The van der Waals surface area contributed by atoms with E-state index in [-0.39, 0.29) is 6.04 Å². The van der Waals surface area contributed by atoms with Crippen molar-refractivity contribution in [1.29, 1.82) is 0 Å². The van der Waals surface area contributed by atoms with Crippen molar-refractivity contribution >= 4 is 11.6 Å². The zero-order chi connectivity index (χ0) is 16.9. The van der Waals surface area contributed by atoms with E-state index < -0.39 is 0 Å². The van der Waals surface area contributed by atoms with E-state index >= 15 is 0 Å². The third-order valence-electron chi connectivity index (χ3n) is 5.07. The lowest BCUT2D eigenvalue weighted by Crippen LogP contribution is -2.53. The van der Waals surface area contributed by atoms with Crippen LogP contribution in [0.2, 0.25) is 0 Å². The van der Waals surface area contributed by atoms with Gasteiger partial charge in [0.25, 0.3) is 0 Å². The highest BCUT2D eigenvalue weighted by Gasteiger charge is 2.32. The summed E-state index contributed by atoms with van der Waals surface area (Å²) in [6, 6.07) is 8.52. The van der Waals surface area contributed by atoms with E-state index in [1.807, 2.05) is 4.90 Å². The minimum Gasteiger partial charge on any atom is -0.378 e. The Morgan fingerprint density at radius 2 is 1.92 bits per heavy atom. The maximum Gasteiger partial charge on any atom is 0.240 e. The number of hydrogen-bond acceptors (Lipinski definition) is 4. The molecule has 0 bridgehead atoms. The number of anilines is 1. The van der Waals surface area contributed by atoms with Gasteiger partial charge in [0.15, 0.2) is 0 Å². The Kier molecular flexibility index (Phi) is 5.74. The summed E-state index contributed by atoms with van der Waals surface area (Å²) in [4.78, 5) is 19.5. The Morgan fingerprint density at radius 3 is 2.67 bits per heavy atom. The van der Waals surface area contributed by atoms with Crippen molar-refractivity contribution in [2.75, 3.05) is 51.8 Å². The number of amides is 1. The Morgan fingerprint density at radius 1 is 1.17 bits per heavy atom. The van der Waals surface area contributed by atoms with Gasteiger partial charge in [-0.15, -0.1) is 0 Å². The van der Waals surface area contributed by atoms with E-state index in [1.165, 1.54) is 17.7 Å². The summed E-state index contributed by atoms with van der Waals surface area (Å²) in [5.74, 6) is 0.292. The lowest BCUT2D eigenvalue weighted by Gasteiger charge is -2.39.